The zero-order chi connectivity index (χ0) is 14.5. The number of nitrogens with zero attached hydrogens (tertiary/aromatic N) is 3. The lowest BCUT2D eigenvalue weighted by molar-refractivity contribution is 0.348. The third kappa shape index (κ3) is 3.56. The lowest BCUT2D eigenvalue weighted by Crippen LogP contribution is -2.17. The second-order valence-corrected chi connectivity index (χ2v) is 5.04. The second-order valence-electron chi connectivity index (χ2n) is 5.04. The van der Waals surface area contributed by atoms with E-state index in [1.54, 1.807) is 18.6 Å². The number of ether oxygens (including phenoxy) is 1. The van der Waals surface area contributed by atoms with Crippen LogP contribution in [0.2, 0.25) is 0 Å². The molecule has 1 aromatic carbocycles. The first-order valence-corrected chi connectivity index (χ1v) is 7.07. The predicted molar refractivity (Wildman–Crippen MR) is 81.0 cm³/mol. The van der Waals surface area contributed by atoms with Crippen LogP contribution in [0.25, 0.3) is 0 Å². The van der Waals surface area contributed by atoms with Crippen molar-refractivity contribution in [3.05, 3.63) is 59.7 Å². The molecule has 1 unspecified atom stereocenters. The van der Waals surface area contributed by atoms with Gasteiger partial charge in [-0.1, -0.05) is 29.8 Å². The molecule has 1 saturated heterocycles. The Morgan fingerprint density at radius 3 is 2.81 bits per heavy atom. The number of benzene rings is 1. The van der Waals surface area contributed by atoms with Crippen LogP contribution in [-0.2, 0) is 11.2 Å². The molecule has 0 saturated carbocycles. The van der Waals surface area contributed by atoms with E-state index in [0.717, 1.165) is 17.8 Å². The molecule has 0 bridgehead atoms. The van der Waals surface area contributed by atoms with E-state index < -0.39 is 0 Å². The standard InChI is InChI=1S/C16H18N4O/c1-12-2-4-13(5-3-12)15(20-16-19-8-9-21-16)10-14-11-17-6-7-18-14/h2-7,11,15H,8-10H2,1H3,(H,19,20). The van der Waals surface area contributed by atoms with Crippen molar-refractivity contribution < 1.29 is 4.74 Å². The fraction of sp³-hybridized carbons (Fsp3) is 0.312. The molecule has 1 aliphatic heterocycles. The summed E-state index contributed by atoms with van der Waals surface area (Å²) in [4.78, 5) is 13.1. The number of hydrogen-bond acceptors (Lipinski definition) is 4. The van der Waals surface area contributed by atoms with Crippen LogP contribution in [0.15, 0.2) is 47.8 Å². The number of aliphatic imine (C=N–C) groups is 1. The highest BCUT2D eigenvalue weighted by atomic mass is 16.5. The molecular formula is C16H18N4O. The minimum atomic E-state index is -0.0251. The molecule has 2 heterocycles. The van der Waals surface area contributed by atoms with Crippen molar-refractivity contribution in [2.75, 3.05) is 13.2 Å². The van der Waals surface area contributed by atoms with Gasteiger partial charge in [-0.15, -0.1) is 0 Å². The van der Waals surface area contributed by atoms with E-state index >= 15 is 0 Å². The number of nitrogens with one attached hydrogen (secondary N) is 1. The monoisotopic (exact) mass is 282 g/mol. The topological polar surface area (TPSA) is 59.4 Å². The van der Waals surface area contributed by atoms with Gasteiger partial charge in [0, 0.05) is 25.0 Å². The van der Waals surface area contributed by atoms with Crippen LogP contribution in [0.4, 0.5) is 0 Å². The molecule has 5 nitrogen and oxygen atoms in total. The molecule has 1 aliphatic rings. The van der Waals surface area contributed by atoms with Gasteiger partial charge in [-0.3, -0.25) is 9.97 Å². The summed E-state index contributed by atoms with van der Waals surface area (Å²) in [6.45, 7) is 3.56. The van der Waals surface area contributed by atoms with Gasteiger partial charge in [-0.2, -0.15) is 0 Å². The van der Waals surface area contributed by atoms with Gasteiger partial charge in [-0.05, 0) is 12.5 Å². The summed E-state index contributed by atoms with van der Waals surface area (Å²) in [5, 5.41) is 3.15. The van der Waals surface area contributed by atoms with Crippen LogP contribution >= 0.6 is 0 Å². The number of rotatable bonds is 4. The number of aromatic nitrogens is 2. The zero-order valence-corrected chi connectivity index (χ0v) is 12.0. The Balaban J connectivity index is 1.86. The Morgan fingerprint density at radius 1 is 1.29 bits per heavy atom. The Morgan fingerprint density at radius 2 is 2.14 bits per heavy atom. The van der Waals surface area contributed by atoms with E-state index in [-0.39, 0.29) is 6.04 Å². The van der Waals surface area contributed by atoms with Crippen molar-refractivity contribution in [1.29, 1.82) is 0 Å². The third-order valence-electron chi connectivity index (χ3n) is 3.37. The van der Waals surface area contributed by atoms with E-state index in [1.165, 1.54) is 5.56 Å². The maximum absolute atomic E-state index is 5.47. The summed E-state index contributed by atoms with van der Waals surface area (Å²) in [5.41, 5.74) is 3.31. The van der Waals surface area contributed by atoms with Crippen molar-refractivity contribution in [2.24, 2.45) is 4.99 Å². The smallest absolute Gasteiger partial charge is 0.285 e. The van der Waals surface area contributed by atoms with Crippen LogP contribution in [0, 0.1) is 6.92 Å². The van der Waals surface area contributed by atoms with Gasteiger partial charge in [-0.25, -0.2) is 4.99 Å². The number of hydrogen-bond donors (Lipinski definition) is 1. The third-order valence-corrected chi connectivity index (χ3v) is 3.37. The van der Waals surface area contributed by atoms with Gasteiger partial charge < -0.3 is 10.1 Å². The van der Waals surface area contributed by atoms with Gasteiger partial charge in [0.2, 0.25) is 0 Å². The van der Waals surface area contributed by atoms with Crippen molar-refractivity contribution >= 4 is 6.02 Å². The number of aryl methyl sites for hydroxylation is 1. The highest BCUT2D eigenvalue weighted by Gasteiger charge is 2.16. The quantitative estimate of drug-likeness (QED) is 0.932. The van der Waals surface area contributed by atoms with E-state index in [4.69, 9.17) is 4.74 Å². The Bertz CT molecular complexity index is 602. The first-order valence-electron chi connectivity index (χ1n) is 7.07. The lowest BCUT2D eigenvalue weighted by Gasteiger charge is -2.13. The Hall–Kier alpha value is -2.43. The molecule has 5 heteroatoms. The molecule has 0 aliphatic carbocycles. The molecule has 1 aromatic heterocycles. The number of amidine groups is 1. The van der Waals surface area contributed by atoms with Gasteiger partial charge in [0.25, 0.3) is 6.02 Å². The van der Waals surface area contributed by atoms with Crippen LogP contribution in [0.5, 0.6) is 0 Å². The van der Waals surface area contributed by atoms with Gasteiger partial charge >= 0.3 is 0 Å². The van der Waals surface area contributed by atoms with Crippen molar-refractivity contribution in [1.82, 2.24) is 15.3 Å². The summed E-state index contributed by atoms with van der Waals surface area (Å²) in [5.74, 6) is 0. The zero-order valence-electron chi connectivity index (χ0n) is 12.0. The molecule has 108 valence electrons. The first-order chi connectivity index (χ1) is 10.3. The van der Waals surface area contributed by atoms with Gasteiger partial charge in [0.15, 0.2) is 0 Å². The summed E-state index contributed by atoms with van der Waals surface area (Å²) < 4.78 is 5.47. The van der Waals surface area contributed by atoms with Crippen LogP contribution in [-0.4, -0.2) is 29.1 Å². The first kappa shape index (κ1) is 13.5. The van der Waals surface area contributed by atoms with Crippen LogP contribution < -0.4 is 5.32 Å². The largest absolute Gasteiger partial charge is 0.463 e. The summed E-state index contributed by atoms with van der Waals surface area (Å²) in [6.07, 6.45) is 5.87. The highest BCUT2D eigenvalue weighted by molar-refractivity contribution is 5.75. The average Bonchev–Trinajstić information content (AvgIpc) is 3.01. The summed E-state index contributed by atoms with van der Waals surface area (Å²) in [7, 11) is 0. The molecule has 1 N–H and O–H groups in total. The maximum Gasteiger partial charge on any atom is 0.285 e. The molecule has 21 heavy (non-hydrogen) atoms. The van der Waals surface area contributed by atoms with Crippen molar-refractivity contribution in [3.63, 3.8) is 0 Å². The van der Waals surface area contributed by atoms with Crippen molar-refractivity contribution in [3.8, 4) is 0 Å². The highest BCUT2D eigenvalue weighted by Crippen LogP contribution is 2.22. The predicted octanol–water partition coefficient (Wildman–Crippen LogP) is 2.04. The lowest BCUT2D eigenvalue weighted by atomic mass is 10.0. The second kappa shape index (κ2) is 6.35. The van der Waals surface area contributed by atoms with E-state index in [1.807, 2.05) is 0 Å². The van der Waals surface area contributed by atoms with Gasteiger partial charge in [0.05, 0.1) is 18.3 Å². The SMILES string of the molecule is Cc1ccc(C(Cc2cnccn2)/N=C2/NCCO2)cc1. The molecular weight excluding hydrogens is 264 g/mol. The summed E-state index contributed by atoms with van der Waals surface area (Å²) in [6, 6.07) is 9.00. The molecule has 1 fully saturated rings. The maximum atomic E-state index is 5.47. The fourth-order valence-corrected chi connectivity index (χ4v) is 2.24. The van der Waals surface area contributed by atoms with Crippen LogP contribution in [0.1, 0.15) is 22.9 Å². The molecule has 1 atom stereocenters. The Kier molecular flexibility index (Phi) is 4.09. The van der Waals surface area contributed by atoms with E-state index in [9.17, 15) is 0 Å². The molecule has 0 spiro atoms. The Labute approximate surface area is 124 Å². The van der Waals surface area contributed by atoms with Crippen LogP contribution in [0.3, 0.4) is 0 Å². The molecule has 0 amide bonds. The van der Waals surface area contributed by atoms with Crippen molar-refractivity contribution in [2.45, 2.75) is 19.4 Å². The van der Waals surface area contributed by atoms with E-state index in [0.29, 0.717) is 19.0 Å². The fourth-order valence-electron chi connectivity index (χ4n) is 2.24. The molecule has 2 aromatic rings. The van der Waals surface area contributed by atoms with E-state index in [2.05, 4.69) is 51.5 Å². The summed E-state index contributed by atoms with van der Waals surface area (Å²) >= 11 is 0. The minimum Gasteiger partial charge on any atom is -0.463 e. The average molecular weight is 282 g/mol. The van der Waals surface area contributed by atoms with Gasteiger partial charge in [0.1, 0.15) is 6.61 Å². The normalized spacial score (nSPS) is 17.3. The molecule has 3 rings (SSSR count). The minimum absolute atomic E-state index is 0.0251. The molecule has 0 radical (unpaired) electrons.